The summed E-state index contributed by atoms with van der Waals surface area (Å²) < 4.78 is 5.28. The van der Waals surface area contributed by atoms with Crippen molar-refractivity contribution in [1.29, 1.82) is 0 Å². The summed E-state index contributed by atoms with van der Waals surface area (Å²) in [5, 5.41) is 0.935. The number of fused-ring (bicyclic) bond motifs is 1. The summed E-state index contributed by atoms with van der Waals surface area (Å²) in [5.41, 5.74) is 2.54. The van der Waals surface area contributed by atoms with Crippen molar-refractivity contribution in [3.05, 3.63) is 35.5 Å². The van der Waals surface area contributed by atoms with E-state index >= 15 is 0 Å². The van der Waals surface area contributed by atoms with Crippen molar-refractivity contribution in [1.82, 2.24) is 14.8 Å². The SMILES string of the molecule is Cc1[nH]c2ccccc2c1C(=O)[C@H](C)N(C)CC(=O)N1CCOCC1. The Kier molecular flexibility index (Phi) is 5.20. The molecular weight excluding hydrogens is 318 g/mol. The highest BCUT2D eigenvalue weighted by atomic mass is 16.5. The number of benzene rings is 1. The van der Waals surface area contributed by atoms with E-state index in [1.54, 1.807) is 4.90 Å². The third-order valence-electron chi connectivity index (χ3n) is 4.93. The number of carbonyl (C=O) groups excluding carboxylic acids is 2. The first-order chi connectivity index (χ1) is 12.0. The molecule has 0 aliphatic carbocycles. The molecular formula is C19H25N3O3. The van der Waals surface area contributed by atoms with Crippen LogP contribution in [0.1, 0.15) is 23.0 Å². The second-order valence-electron chi connectivity index (χ2n) is 6.62. The number of aromatic amines is 1. The van der Waals surface area contributed by atoms with Gasteiger partial charge in [-0.25, -0.2) is 0 Å². The minimum Gasteiger partial charge on any atom is -0.378 e. The molecule has 6 nitrogen and oxygen atoms in total. The topological polar surface area (TPSA) is 65.6 Å². The van der Waals surface area contributed by atoms with Crippen LogP contribution >= 0.6 is 0 Å². The minimum atomic E-state index is -0.372. The molecule has 1 amide bonds. The van der Waals surface area contributed by atoms with Gasteiger partial charge < -0.3 is 14.6 Å². The van der Waals surface area contributed by atoms with Crippen LogP contribution in [0, 0.1) is 6.92 Å². The quantitative estimate of drug-likeness (QED) is 0.842. The number of H-pyrrole nitrogens is 1. The fraction of sp³-hybridized carbons (Fsp3) is 0.474. The molecule has 1 aliphatic rings. The second-order valence-corrected chi connectivity index (χ2v) is 6.62. The van der Waals surface area contributed by atoms with Gasteiger partial charge in [-0.1, -0.05) is 18.2 Å². The molecule has 1 fully saturated rings. The number of para-hydroxylation sites is 1. The zero-order valence-corrected chi connectivity index (χ0v) is 15.0. The first-order valence-electron chi connectivity index (χ1n) is 8.66. The van der Waals surface area contributed by atoms with Crippen molar-refractivity contribution in [2.75, 3.05) is 39.9 Å². The molecule has 1 atom stereocenters. The highest BCUT2D eigenvalue weighted by Crippen LogP contribution is 2.24. The number of morpholine rings is 1. The van der Waals surface area contributed by atoms with Crippen LogP contribution in [0.25, 0.3) is 10.9 Å². The minimum absolute atomic E-state index is 0.0345. The highest BCUT2D eigenvalue weighted by molar-refractivity contribution is 6.11. The summed E-state index contributed by atoms with van der Waals surface area (Å²) in [5.74, 6) is 0.0772. The van der Waals surface area contributed by atoms with Crippen LogP contribution in [0.15, 0.2) is 24.3 Å². The third-order valence-corrected chi connectivity index (χ3v) is 4.93. The van der Waals surface area contributed by atoms with E-state index in [1.165, 1.54) is 0 Å². The lowest BCUT2D eigenvalue weighted by atomic mass is 10.0. The predicted molar refractivity (Wildman–Crippen MR) is 96.9 cm³/mol. The summed E-state index contributed by atoms with van der Waals surface area (Å²) in [6, 6.07) is 7.43. The maximum atomic E-state index is 13.0. The average Bonchev–Trinajstić information content (AvgIpc) is 2.96. The molecule has 1 N–H and O–H groups in total. The number of carbonyl (C=O) groups is 2. The number of Topliss-reactive ketones (excluding diaryl/α,β-unsaturated/α-hetero) is 1. The molecule has 1 aromatic heterocycles. The number of ketones is 1. The Labute approximate surface area is 147 Å². The van der Waals surface area contributed by atoms with E-state index in [-0.39, 0.29) is 24.3 Å². The predicted octanol–water partition coefficient (Wildman–Crippen LogP) is 1.84. The van der Waals surface area contributed by atoms with Gasteiger partial charge in [0.15, 0.2) is 5.78 Å². The molecule has 0 bridgehead atoms. The molecule has 134 valence electrons. The molecule has 2 aromatic rings. The molecule has 1 aliphatic heterocycles. The van der Waals surface area contributed by atoms with E-state index in [2.05, 4.69) is 4.98 Å². The number of aryl methyl sites for hydroxylation is 1. The van der Waals surface area contributed by atoms with Crippen molar-refractivity contribution in [2.24, 2.45) is 0 Å². The first kappa shape index (κ1) is 17.6. The van der Waals surface area contributed by atoms with E-state index < -0.39 is 0 Å². The van der Waals surface area contributed by atoms with Crippen LogP contribution in [0.2, 0.25) is 0 Å². The normalized spacial score (nSPS) is 16.4. The fourth-order valence-electron chi connectivity index (χ4n) is 3.27. The molecule has 0 unspecified atom stereocenters. The molecule has 0 saturated carbocycles. The van der Waals surface area contributed by atoms with Gasteiger partial charge in [-0.15, -0.1) is 0 Å². The van der Waals surface area contributed by atoms with Crippen molar-refractivity contribution >= 4 is 22.6 Å². The monoisotopic (exact) mass is 343 g/mol. The number of likely N-dealkylation sites (N-methyl/N-ethyl adjacent to an activating group) is 1. The molecule has 25 heavy (non-hydrogen) atoms. The van der Waals surface area contributed by atoms with E-state index in [1.807, 2.05) is 50.1 Å². The van der Waals surface area contributed by atoms with Crippen molar-refractivity contribution in [2.45, 2.75) is 19.9 Å². The Morgan fingerprint density at radius 3 is 2.68 bits per heavy atom. The van der Waals surface area contributed by atoms with E-state index in [0.29, 0.717) is 31.9 Å². The van der Waals surface area contributed by atoms with Gasteiger partial charge in [0.25, 0.3) is 0 Å². The van der Waals surface area contributed by atoms with Crippen LogP contribution in [0.5, 0.6) is 0 Å². The zero-order chi connectivity index (χ0) is 18.0. The van der Waals surface area contributed by atoms with Gasteiger partial charge in [0.05, 0.1) is 25.8 Å². The van der Waals surface area contributed by atoms with Crippen LogP contribution in [-0.4, -0.2) is 72.4 Å². The first-order valence-corrected chi connectivity index (χ1v) is 8.66. The van der Waals surface area contributed by atoms with E-state index in [0.717, 1.165) is 16.6 Å². The molecule has 6 heteroatoms. The zero-order valence-electron chi connectivity index (χ0n) is 15.0. The summed E-state index contributed by atoms with van der Waals surface area (Å²) in [6.45, 7) is 6.41. The van der Waals surface area contributed by atoms with Crippen molar-refractivity contribution < 1.29 is 14.3 Å². The maximum absolute atomic E-state index is 13.0. The molecule has 0 radical (unpaired) electrons. The van der Waals surface area contributed by atoms with Gasteiger partial charge in [0.2, 0.25) is 5.91 Å². The Morgan fingerprint density at radius 1 is 1.28 bits per heavy atom. The second kappa shape index (κ2) is 7.37. The Bertz CT molecular complexity index is 777. The lowest BCUT2D eigenvalue weighted by molar-refractivity contribution is -0.136. The summed E-state index contributed by atoms with van der Waals surface area (Å²) >= 11 is 0. The van der Waals surface area contributed by atoms with Crippen LogP contribution in [0.3, 0.4) is 0 Å². The Morgan fingerprint density at radius 2 is 1.96 bits per heavy atom. The van der Waals surface area contributed by atoms with Gasteiger partial charge in [0, 0.05) is 35.2 Å². The number of rotatable bonds is 5. The Hall–Kier alpha value is -2.18. The lowest BCUT2D eigenvalue weighted by Crippen LogP contribution is -2.47. The largest absolute Gasteiger partial charge is 0.378 e. The van der Waals surface area contributed by atoms with Gasteiger partial charge in [-0.3, -0.25) is 14.5 Å². The number of aromatic nitrogens is 1. The van der Waals surface area contributed by atoms with Crippen molar-refractivity contribution in [3.8, 4) is 0 Å². The van der Waals surface area contributed by atoms with E-state index in [9.17, 15) is 9.59 Å². The number of ether oxygens (including phenoxy) is 1. The average molecular weight is 343 g/mol. The highest BCUT2D eigenvalue weighted by Gasteiger charge is 2.27. The lowest BCUT2D eigenvalue weighted by Gasteiger charge is -2.30. The number of nitrogens with one attached hydrogen (secondary N) is 1. The molecule has 2 heterocycles. The van der Waals surface area contributed by atoms with Crippen LogP contribution < -0.4 is 0 Å². The summed E-state index contributed by atoms with van der Waals surface area (Å²) in [6.07, 6.45) is 0. The van der Waals surface area contributed by atoms with Crippen molar-refractivity contribution in [3.63, 3.8) is 0 Å². The number of hydrogen-bond acceptors (Lipinski definition) is 4. The molecule has 1 saturated heterocycles. The van der Waals surface area contributed by atoms with E-state index in [4.69, 9.17) is 4.74 Å². The summed E-state index contributed by atoms with van der Waals surface area (Å²) in [4.78, 5) is 32.3. The van der Waals surface area contributed by atoms with Gasteiger partial charge in [-0.05, 0) is 27.0 Å². The Balaban J connectivity index is 1.72. The maximum Gasteiger partial charge on any atom is 0.236 e. The van der Waals surface area contributed by atoms with Gasteiger partial charge >= 0.3 is 0 Å². The molecule has 0 spiro atoms. The fourth-order valence-corrected chi connectivity index (χ4v) is 3.27. The third kappa shape index (κ3) is 3.60. The van der Waals surface area contributed by atoms with Crippen LogP contribution in [0.4, 0.5) is 0 Å². The molecule has 3 rings (SSSR count). The standard InChI is InChI=1S/C19H25N3O3/c1-13-18(15-6-4-5-7-16(15)20-13)19(24)14(2)21(3)12-17(23)22-8-10-25-11-9-22/h4-7,14,20H,8-12H2,1-3H3/t14-/m0/s1. The smallest absolute Gasteiger partial charge is 0.236 e. The van der Waals surface area contributed by atoms with Crippen LogP contribution in [-0.2, 0) is 9.53 Å². The summed E-state index contributed by atoms with van der Waals surface area (Å²) in [7, 11) is 1.82. The van der Waals surface area contributed by atoms with Gasteiger partial charge in [0.1, 0.15) is 0 Å². The number of amides is 1. The number of nitrogens with zero attached hydrogens (tertiary/aromatic N) is 2. The molecule has 1 aromatic carbocycles. The van der Waals surface area contributed by atoms with Gasteiger partial charge in [-0.2, -0.15) is 0 Å². The number of hydrogen-bond donors (Lipinski definition) is 1.